The van der Waals surface area contributed by atoms with E-state index in [1.807, 2.05) is 17.8 Å². The first-order valence-corrected chi connectivity index (χ1v) is 6.20. The third kappa shape index (κ3) is 2.50. The highest BCUT2D eigenvalue weighted by Crippen LogP contribution is 2.30. The summed E-state index contributed by atoms with van der Waals surface area (Å²) in [5.41, 5.74) is 1.31. The van der Waals surface area contributed by atoms with Gasteiger partial charge in [-0.15, -0.1) is 0 Å². The summed E-state index contributed by atoms with van der Waals surface area (Å²) < 4.78 is 0. The fourth-order valence-electron chi connectivity index (χ4n) is 1.77. The van der Waals surface area contributed by atoms with Gasteiger partial charge < -0.3 is 5.11 Å². The van der Waals surface area contributed by atoms with Crippen LogP contribution in [-0.2, 0) is 0 Å². The molecule has 0 unspecified atom stereocenters. The number of carboxylic acid groups (broad SMARTS) is 1. The number of thioether (sulfide) groups is 1. The zero-order valence-electron chi connectivity index (χ0n) is 8.35. The lowest BCUT2D eigenvalue weighted by Crippen LogP contribution is -2.10. The van der Waals surface area contributed by atoms with Crippen LogP contribution in [0.2, 0.25) is 0 Å². The Labute approximate surface area is 92.9 Å². The number of nitrogens with zero attached hydrogens (tertiary/aromatic N) is 1. The highest BCUT2D eigenvalue weighted by molar-refractivity contribution is 7.99. The molecule has 1 fully saturated rings. The summed E-state index contributed by atoms with van der Waals surface area (Å²) in [5, 5.41) is 8.74. The van der Waals surface area contributed by atoms with E-state index >= 15 is 0 Å². The molecule has 1 aromatic rings. The number of carbonyl (C=O) groups is 1. The van der Waals surface area contributed by atoms with Crippen LogP contribution in [0.1, 0.15) is 34.8 Å². The maximum Gasteiger partial charge on any atom is 0.337 e. The molecule has 2 rings (SSSR count). The Balaban J connectivity index is 2.11. The summed E-state index contributed by atoms with van der Waals surface area (Å²) >= 11 is 1.98. The smallest absolute Gasteiger partial charge is 0.337 e. The lowest BCUT2D eigenvalue weighted by atomic mass is 9.98. The van der Waals surface area contributed by atoms with E-state index in [2.05, 4.69) is 4.98 Å². The molecule has 0 bridgehead atoms. The molecule has 0 atom stereocenters. The molecule has 15 heavy (non-hydrogen) atoms. The van der Waals surface area contributed by atoms with Crippen LogP contribution < -0.4 is 0 Å². The summed E-state index contributed by atoms with van der Waals surface area (Å²) in [7, 11) is 0. The van der Waals surface area contributed by atoms with Crippen molar-refractivity contribution >= 4 is 17.7 Å². The van der Waals surface area contributed by atoms with E-state index in [0.29, 0.717) is 5.92 Å². The molecule has 0 radical (unpaired) electrons. The minimum absolute atomic E-state index is 0.268. The van der Waals surface area contributed by atoms with Gasteiger partial charge in [-0.3, -0.25) is 4.98 Å². The molecule has 0 aromatic carbocycles. The van der Waals surface area contributed by atoms with Crippen LogP contribution in [0.4, 0.5) is 0 Å². The first-order valence-electron chi connectivity index (χ1n) is 5.04. The Morgan fingerprint density at radius 3 is 2.67 bits per heavy atom. The number of carboxylic acids is 1. The third-order valence-corrected chi connectivity index (χ3v) is 3.72. The minimum Gasteiger partial charge on any atom is -0.478 e. The molecule has 1 aliphatic rings. The third-order valence-electron chi connectivity index (χ3n) is 2.67. The number of hydrogen-bond donors (Lipinski definition) is 1. The van der Waals surface area contributed by atoms with Crippen LogP contribution in [0.25, 0.3) is 0 Å². The Morgan fingerprint density at radius 2 is 2.13 bits per heavy atom. The van der Waals surface area contributed by atoms with Gasteiger partial charge in [0.1, 0.15) is 0 Å². The Morgan fingerprint density at radius 1 is 1.40 bits per heavy atom. The van der Waals surface area contributed by atoms with Crippen LogP contribution in [0.3, 0.4) is 0 Å². The first kappa shape index (κ1) is 10.5. The molecule has 1 aromatic heterocycles. The van der Waals surface area contributed by atoms with Crippen LogP contribution in [0.15, 0.2) is 18.3 Å². The molecular weight excluding hydrogens is 210 g/mol. The van der Waals surface area contributed by atoms with Crippen LogP contribution in [0.5, 0.6) is 0 Å². The Bertz CT molecular complexity index is 344. The van der Waals surface area contributed by atoms with Crippen LogP contribution in [0, 0.1) is 0 Å². The topological polar surface area (TPSA) is 50.2 Å². The van der Waals surface area contributed by atoms with Crippen molar-refractivity contribution in [3.63, 3.8) is 0 Å². The maximum atomic E-state index is 10.6. The summed E-state index contributed by atoms with van der Waals surface area (Å²) in [6.45, 7) is 0. The predicted octanol–water partition coefficient (Wildman–Crippen LogP) is 2.39. The SMILES string of the molecule is O=C(O)c1ccc(C2CCSCC2)nc1. The number of pyridine rings is 1. The van der Waals surface area contributed by atoms with Gasteiger partial charge in [-0.25, -0.2) is 4.79 Å². The minimum atomic E-state index is -0.909. The molecule has 0 aliphatic carbocycles. The zero-order chi connectivity index (χ0) is 10.7. The van der Waals surface area contributed by atoms with Gasteiger partial charge in [-0.05, 0) is 36.5 Å². The van der Waals surface area contributed by atoms with Crippen molar-refractivity contribution in [2.45, 2.75) is 18.8 Å². The largest absolute Gasteiger partial charge is 0.478 e. The lowest BCUT2D eigenvalue weighted by Gasteiger charge is -2.20. The molecule has 0 saturated carbocycles. The van der Waals surface area contributed by atoms with Crippen molar-refractivity contribution in [2.24, 2.45) is 0 Å². The normalized spacial score (nSPS) is 17.6. The fraction of sp³-hybridized carbons (Fsp3) is 0.455. The van der Waals surface area contributed by atoms with Gasteiger partial charge in [0.25, 0.3) is 0 Å². The van der Waals surface area contributed by atoms with Gasteiger partial charge in [-0.2, -0.15) is 11.8 Å². The highest BCUT2D eigenvalue weighted by Gasteiger charge is 2.17. The van der Waals surface area contributed by atoms with Gasteiger partial charge in [0.05, 0.1) is 5.56 Å². The van der Waals surface area contributed by atoms with Gasteiger partial charge in [0.15, 0.2) is 0 Å². The van der Waals surface area contributed by atoms with Crippen molar-refractivity contribution in [1.29, 1.82) is 0 Å². The van der Waals surface area contributed by atoms with E-state index < -0.39 is 5.97 Å². The molecule has 80 valence electrons. The van der Waals surface area contributed by atoms with Gasteiger partial charge in [-0.1, -0.05) is 0 Å². The zero-order valence-corrected chi connectivity index (χ0v) is 9.17. The van der Waals surface area contributed by atoms with Crippen molar-refractivity contribution in [3.8, 4) is 0 Å². The van der Waals surface area contributed by atoms with Gasteiger partial charge in [0.2, 0.25) is 0 Å². The van der Waals surface area contributed by atoms with Crippen molar-refractivity contribution in [3.05, 3.63) is 29.6 Å². The molecule has 3 nitrogen and oxygen atoms in total. The van der Waals surface area contributed by atoms with Gasteiger partial charge in [0, 0.05) is 17.8 Å². The standard InChI is InChI=1S/C11H13NO2S/c13-11(14)9-1-2-10(12-7-9)8-3-5-15-6-4-8/h1-2,7-8H,3-6H2,(H,13,14). The molecule has 1 N–H and O–H groups in total. The maximum absolute atomic E-state index is 10.6. The Kier molecular flexibility index (Phi) is 3.26. The van der Waals surface area contributed by atoms with Crippen LogP contribution in [-0.4, -0.2) is 27.6 Å². The van der Waals surface area contributed by atoms with Crippen molar-refractivity contribution in [1.82, 2.24) is 4.98 Å². The van der Waals surface area contributed by atoms with Crippen LogP contribution >= 0.6 is 11.8 Å². The molecular formula is C11H13NO2S. The molecule has 1 aliphatic heterocycles. The van der Waals surface area contributed by atoms with Crippen molar-refractivity contribution in [2.75, 3.05) is 11.5 Å². The van der Waals surface area contributed by atoms with Crippen molar-refractivity contribution < 1.29 is 9.90 Å². The average molecular weight is 223 g/mol. The van der Waals surface area contributed by atoms with E-state index in [1.165, 1.54) is 17.7 Å². The second kappa shape index (κ2) is 4.66. The summed E-state index contributed by atoms with van der Waals surface area (Å²) in [6.07, 6.45) is 3.77. The lowest BCUT2D eigenvalue weighted by molar-refractivity contribution is 0.0696. The predicted molar refractivity (Wildman–Crippen MR) is 60.5 cm³/mol. The van der Waals surface area contributed by atoms with E-state index in [0.717, 1.165) is 18.5 Å². The monoisotopic (exact) mass is 223 g/mol. The van der Waals surface area contributed by atoms with E-state index in [9.17, 15) is 4.79 Å². The number of aromatic nitrogens is 1. The Hall–Kier alpha value is -1.03. The summed E-state index contributed by atoms with van der Waals surface area (Å²) in [5.74, 6) is 1.99. The molecule has 1 saturated heterocycles. The van der Waals surface area contributed by atoms with E-state index in [1.54, 1.807) is 6.07 Å². The quantitative estimate of drug-likeness (QED) is 0.836. The fourth-order valence-corrected chi connectivity index (χ4v) is 2.87. The summed E-state index contributed by atoms with van der Waals surface area (Å²) in [4.78, 5) is 14.9. The molecule has 0 amide bonds. The molecule has 4 heteroatoms. The van der Waals surface area contributed by atoms with E-state index in [4.69, 9.17) is 5.11 Å². The number of rotatable bonds is 2. The molecule has 0 spiro atoms. The average Bonchev–Trinajstić information content (AvgIpc) is 2.30. The second-order valence-electron chi connectivity index (χ2n) is 3.66. The number of hydrogen-bond acceptors (Lipinski definition) is 3. The molecule has 2 heterocycles. The number of aromatic carboxylic acids is 1. The van der Waals surface area contributed by atoms with E-state index in [-0.39, 0.29) is 5.56 Å². The van der Waals surface area contributed by atoms with Gasteiger partial charge >= 0.3 is 5.97 Å². The highest BCUT2D eigenvalue weighted by atomic mass is 32.2. The first-order chi connectivity index (χ1) is 7.27. The summed E-state index contributed by atoms with van der Waals surface area (Å²) in [6, 6.07) is 3.50. The second-order valence-corrected chi connectivity index (χ2v) is 4.89.